The molecule has 2 aliphatic carbocycles. The lowest BCUT2D eigenvalue weighted by Gasteiger charge is -2.11. The van der Waals surface area contributed by atoms with Crippen LogP contribution in [0.3, 0.4) is 0 Å². The third-order valence-electron chi connectivity index (χ3n) is 3.94. The maximum atomic E-state index is 4.82. The molecule has 16 heavy (non-hydrogen) atoms. The molecule has 1 nitrogen and oxygen atoms in total. The molecule has 0 aromatic heterocycles. The van der Waals surface area contributed by atoms with Crippen LogP contribution in [-0.4, -0.2) is 11.8 Å². The predicted molar refractivity (Wildman–Crippen MR) is 68.2 cm³/mol. The van der Waals surface area contributed by atoms with E-state index in [1.54, 1.807) is 11.1 Å². The highest BCUT2D eigenvalue weighted by molar-refractivity contribution is 5.91. The molecule has 1 saturated carbocycles. The molecule has 0 heterocycles. The van der Waals surface area contributed by atoms with E-state index < -0.39 is 0 Å². The van der Waals surface area contributed by atoms with Crippen molar-refractivity contribution in [1.82, 2.24) is 0 Å². The predicted octanol–water partition coefficient (Wildman–Crippen LogP) is 3.59. The van der Waals surface area contributed by atoms with E-state index >= 15 is 0 Å². The highest BCUT2D eigenvalue weighted by atomic mass is 14.8. The molecule has 1 fully saturated rings. The van der Waals surface area contributed by atoms with E-state index in [1.807, 2.05) is 0 Å². The standard InChI is InChI=1S/C15H19N/c1-10(2)16-15-8-7-13-12-6-4-3-5-11(12)9-14(13)15/h3-6,10,13-14H,7-9H2,1-2H3. The van der Waals surface area contributed by atoms with Crippen molar-refractivity contribution in [3.63, 3.8) is 0 Å². The van der Waals surface area contributed by atoms with Crippen molar-refractivity contribution in [2.75, 3.05) is 0 Å². The molecular formula is C15H19N. The lowest BCUT2D eigenvalue weighted by molar-refractivity contribution is 0.611. The van der Waals surface area contributed by atoms with E-state index in [9.17, 15) is 0 Å². The molecule has 2 atom stereocenters. The van der Waals surface area contributed by atoms with Gasteiger partial charge in [-0.25, -0.2) is 0 Å². The summed E-state index contributed by atoms with van der Waals surface area (Å²) in [6.45, 7) is 4.37. The molecule has 0 radical (unpaired) electrons. The zero-order valence-electron chi connectivity index (χ0n) is 10.1. The summed E-state index contributed by atoms with van der Waals surface area (Å²) in [6, 6.07) is 9.41. The Bertz CT molecular complexity index is 431. The van der Waals surface area contributed by atoms with E-state index in [1.165, 1.54) is 25.0 Å². The van der Waals surface area contributed by atoms with E-state index in [0.717, 1.165) is 11.8 Å². The third kappa shape index (κ3) is 1.50. The van der Waals surface area contributed by atoms with Crippen molar-refractivity contribution in [2.45, 2.75) is 45.1 Å². The Balaban J connectivity index is 1.94. The summed E-state index contributed by atoms with van der Waals surface area (Å²) in [4.78, 5) is 4.82. The number of rotatable bonds is 1. The van der Waals surface area contributed by atoms with E-state index in [2.05, 4.69) is 38.1 Å². The van der Waals surface area contributed by atoms with Crippen LogP contribution >= 0.6 is 0 Å². The Morgan fingerprint density at radius 3 is 2.81 bits per heavy atom. The molecule has 0 spiro atoms. The van der Waals surface area contributed by atoms with E-state index in [4.69, 9.17) is 4.99 Å². The maximum Gasteiger partial charge on any atom is 0.0442 e. The van der Waals surface area contributed by atoms with Gasteiger partial charge in [0, 0.05) is 17.7 Å². The molecule has 1 heteroatoms. The quantitative estimate of drug-likeness (QED) is 0.676. The minimum Gasteiger partial charge on any atom is -0.291 e. The summed E-state index contributed by atoms with van der Waals surface area (Å²) in [5, 5.41) is 0. The fraction of sp³-hybridized carbons (Fsp3) is 0.533. The molecule has 3 rings (SSSR count). The monoisotopic (exact) mass is 213 g/mol. The van der Waals surface area contributed by atoms with Crippen LogP contribution in [0.4, 0.5) is 0 Å². The summed E-state index contributed by atoms with van der Waals surface area (Å²) in [7, 11) is 0. The van der Waals surface area contributed by atoms with Gasteiger partial charge in [0.05, 0.1) is 0 Å². The summed E-state index contributed by atoms with van der Waals surface area (Å²) in [5.41, 5.74) is 4.64. The first kappa shape index (κ1) is 10.1. The minimum absolute atomic E-state index is 0.456. The van der Waals surface area contributed by atoms with Crippen LogP contribution in [0.15, 0.2) is 29.3 Å². The third-order valence-corrected chi connectivity index (χ3v) is 3.94. The van der Waals surface area contributed by atoms with Crippen molar-refractivity contribution >= 4 is 5.71 Å². The number of fused-ring (bicyclic) bond motifs is 3. The molecule has 84 valence electrons. The van der Waals surface area contributed by atoms with Crippen molar-refractivity contribution < 1.29 is 0 Å². The second-order valence-corrected chi connectivity index (χ2v) is 5.37. The molecular weight excluding hydrogens is 194 g/mol. The first-order valence-electron chi connectivity index (χ1n) is 6.40. The summed E-state index contributed by atoms with van der Waals surface area (Å²) < 4.78 is 0. The molecule has 0 N–H and O–H groups in total. The number of hydrogen-bond acceptors (Lipinski definition) is 1. The molecule has 1 aromatic carbocycles. The largest absolute Gasteiger partial charge is 0.291 e. The van der Waals surface area contributed by atoms with Gasteiger partial charge in [-0.15, -0.1) is 0 Å². The average molecular weight is 213 g/mol. The number of nitrogens with zero attached hydrogens (tertiary/aromatic N) is 1. The molecule has 0 bridgehead atoms. The van der Waals surface area contributed by atoms with Crippen LogP contribution in [0.5, 0.6) is 0 Å². The molecule has 0 saturated heterocycles. The number of benzene rings is 1. The van der Waals surface area contributed by atoms with Gasteiger partial charge < -0.3 is 0 Å². The van der Waals surface area contributed by atoms with Crippen LogP contribution < -0.4 is 0 Å². The van der Waals surface area contributed by atoms with Gasteiger partial charge >= 0.3 is 0 Å². The van der Waals surface area contributed by atoms with Crippen LogP contribution in [0.2, 0.25) is 0 Å². The highest BCUT2D eigenvalue weighted by Crippen LogP contribution is 2.46. The zero-order valence-corrected chi connectivity index (χ0v) is 10.1. The van der Waals surface area contributed by atoms with Crippen LogP contribution in [0.25, 0.3) is 0 Å². The average Bonchev–Trinajstić information content (AvgIpc) is 2.78. The van der Waals surface area contributed by atoms with Gasteiger partial charge in [-0.3, -0.25) is 4.99 Å². The summed E-state index contributed by atoms with van der Waals surface area (Å²) >= 11 is 0. The number of aliphatic imine (C=N–C) groups is 1. The molecule has 1 aromatic rings. The molecule has 0 amide bonds. The number of hydrogen-bond donors (Lipinski definition) is 0. The van der Waals surface area contributed by atoms with Gasteiger partial charge in [-0.05, 0) is 50.2 Å². The van der Waals surface area contributed by atoms with Crippen molar-refractivity contribution in [3.05, 3.63) is 35.4 Å². The SMILES string of the molecule is CC(C)N=C1CCC2c3ccccc3CC12. The van der Waals surface area contributed by atoms with Crippen molar-refractivity contribution in [1.29, 1.82) is 0 Å². The maximum absolute atomic E-state index is 4.82. The Kier molecular flexibility index (Phi) is 2.34. The Labute approximate surface area is 97.6 Å². The Hall–Kier alpha value is -1.11. The lowest BCUT2D eigenvalue weighted by atomic mass is 9.96. The summed E-state index contributed by atoms with van der Waals surface area (Å²) in [6.07, 6.45) is 3.77. The second kappa shape index (κ2) is 3.73. The molecule has 2 unspecified atom stereocenters. The zero-order chi connectivity index (χ0) is 11.1. The van der Waals surface area contributed by atoms with Gasteiger partial charge in [0.2, 0.25) is 0 Å². The smallest absolute Gasteiger partial charge is 0.0442 e. The fourth-order valence-corrected chi connectivity index (χ4v) is 3.37. The van der Waals surface area contributed by atoms with E-state index in [-0.39, 0.29) is 0 Å². The highest BCUT2D eigenvalue weighted by Gasteiger charge is 2.39. The van der Waals surface area contributed by atoms with Gasteiger partial charge in [-0.2, -0.15) is 0 Å². The fourth-order valence-electron chi connectivity index (χ4n) is 3.37. The van der Waals surface area contributed by atoms with Gasteiger partial charge in [-0.1, -0.05) is 24.3 Å². The minimum atomic E-state index is 0.456. The van der Waals surface area contributed by atoms with Crippen LogP contribution in [0, 0.1) is 5.92 Å². The lowest BCUT2D eigenvalue weighted by Crippen LogP contribution is -2.11. The van der Waals surface area contributed by atoms with Gasteiger partial charge in [0.1, 0.15) is 0 Å². The topological polar surface area (TPSA) is 12.4 Å². The summed E-state index contributed by atoms with van der Waals surface area (Å²) in [5.74, 6) is 1.49. The van der Waals surface area contributed by atoms with Gasteiger partial charge in [0.15, 0.2) is 0 Å². The van der Waals surface area contributed by atoms with Crippen LogP contribution in [-0.2, 0) is 6.42 Å². The Morgan fingerprint density at radius 2 is 2.00 bits per heavy atom. The molecule has 0 aliphatic heterocycles. The first-order chi connectivity index (χ1) is 7.75. The Morgan fingerprint density at radius 1 is 1.19 bits per heavy atom. The van der Waals surface area contributed by atoms with E-state index in [0.29, 0.717) is 6.04 Å². The molecule has 2 aliphatic rings. The van der Waals surface area contributed by atoms with Crippen molar-refractivity contribution in [2.24, 2.45) is 10.9 Å². The van der Waals surface area contributed by atoms with Gasteiger partial charge in [0.25, 0.3) is 0 Å². The first-order valence-corrected chi connectivity index (χ1v) is 6.40. The normalized spacial score (nSPS) is 29.8. The van der Waals surface area contributed by atoms with Crippen molar-refractivity contribution in [3.8, 4) is 0 Å². The second-order valence-electron chi connectivity index (χ2n) is 5.37. The van der Waals surface area contributed by atoms with Crippen LogP contribution in [0.1, 0.15) is 43.7 Å².